The van der Waals surface area contributed by atoms with Crippen LogP contribution in [-0.4, -0.2) is 47.0 Å². The normalized spacial score (nSPS) is 17.0. The van der Waals surface area contributed by atoms with E-state index in [0.29, 0.717) is 32.5 Å². The SMILES string of the molecule is CC(C)CNS(=O)(=O)c1ccc(C=C2CCN(S(C)(=O)=O)CC2)cc1. The van der Waals surface area contributed by atoms with Gasteiger partial charge in [-0.25, -0.2) is 25.9 Å². The fourth-order valence-electron chi connectivity index (χ4n) is 2.59. The second-order valence-corrected chi connectivity index (χ2v) is 10.5. The molecule has 2 rings (SSSR count). The fourth-order valence-corrected chi connectivity index (χ4v) is 4.65. The van der Waals surface area contributed by atoms with Crippen molar-refractivity contribution in [3.05, 3.63) is 35.4 Å². The summed E-state index contributed by atoms with van der Waals surface area (Å²) in [5.41, 5.74) is 2.10. The molecule has 1 aromatic rings. The van der Waals surface area contributed by atoms with Gasteiger partial charge in [-0.15, -0.1) is 0 Å². The molecule has 0 atom stereocenters. The second kappa shape index (κ2) is 7.99. The minimum Gasteiger partial charge on any atom is -0.213 e. The summed E-state index contributed by atoms with van der Waals surface area (Å²) in [4.78, 5) is 0.252. The third kappa shape index (κ3) is 5.91. The zero-order valence-electron chi connectivity index (χ0n) is 14.9. The van der Waals surface area contributed by atoms with Gasteiger partial charge in [-0.05, 0) is 36.5 Å². The summed E-state index contributed by atoms with van der Waals surface area (Å²) in [5.74, 6) is 0.247. The molecule has 0 bridgehead atoms. The van der Waals surface area contributed by atoms with Crippen LogP contribution >= 0.6 is 0 Å². The van der Waals surface area contributed by atoms with Crippen molar-refractivity contribution >= 4 is 26.1 Å². The molecule has 6 nitrogen and oxygen atoms in total. The van der Waals surface area contributed by atoms with Gasteiger partial charge in [-0.2, -0.15) is 0 Å². The number of benzene rings is 1. The topological polar surface area (TPSA) is 83.6 Å². The van der Waals surface area contributed by atoms with Gasteiger partial charge in [0.05, 0.1) is 11.2 Å². The molecule has 8 heteroatoms. The highest BCUT2D eigenvalue weighted by Crippen LogP contribution is 2.21. The number of nitrogens with one attached hydrogen (secondary N) is 1. The lowest BCUT2D eigenvalue weighted by molar-refractivity contribution is 0.391. The molecule has 0 aromatic heterocycles. The Morgan fingerprint density at radius 3 is 2.12 bits per heavy atom. The monoisotopic (exact) mass is 386 g/mol. The lowest BCUT2D eigenvalue weighted by Gasteiger charge is -2.26. The lowest BCUT2D eigenvalue weighted by atomic mass is 10.0. The highest BCUT2D eigenvalue weighted by molar-refractivity contribution is 7.89. The first-order valence-corrected chi connectivity index (χ1v) is 11.7. The van der Waals surface area contributed by atoms with E-state index in [1.165, 1.54) is 16.1 Å². The summed E-state index contributed by atoms with van der Waals surface area (Å²) >= 11 is 0. The number of nitrogens with zero attached hydrogens (tertiary/aromatic N) is 1. The van der Waals surface area contributed by atoms with E-state index in [4.69, 9.17) is 0 Å². The molecule has 0 unspecified atom stereocenters. The summed E-state index contributed by atoms with van der Waals surface area (Å²) < 4.78 is 51.5. The minimum atomic E-state index is -3.47. The van der Waals surface area contributed by atoms with Gasteiger partial charge in [0.2, 0.25) is 20.0 Å². The van der Waals surface area contributed by atoms with Crippen molar-refractivity contribution < 1.29 is 16.8 Å². The van der Waals surface area contributed by atoms with E-state index in [2.05, 4.69) is 4.72 Å². The average molecular weight is 387 g/mol. The number of piperidine rings is 1. The van der Waals surface area contributed by atoms with E-state index in [1.54, 1.807) is 24.3 Å². The Hall–Kier alpha value is -1.22. The van der Waals surface area contributed by atoms with Gasteiger partial charge >= 0.3 is 0 Å². The zero-order chi connectivity index (χ0) is 18.7. The van der Waals surface area contributed by atoms with Crippen molar-refractivity contribution in [1.29, 1.82) is 0 Å². The Morgan fingerprint density at radius 2 is 1.64 bits per heavy atom. The molecule has 1 aliphatic heterocycles. The van der Waals surface area contributed by atoms with Crippen LogP contribution in [0.4, 0.5) is 0 Å². The average Bonchev–Trinajstić information content (AvgIpc) is 2.53. The Bertz CT molecular complexity index is 816. The first-order valence-electron chi connectivity index (χ1n) is 8.32. The number of hydrogen-bond acceptors (Lipinski definition) is 4. The van der Waals surface area contributed by atoms with Crippen LogP contribution in [0.25, 0.3) is 6.08 Å². The lowest BCUT2D eigenvalue weighted by Crippen LogP contribution is -2.35. The Morgan fingerprint density at radius 1 is 1.08 bits per heavy atom. The highest BCUT2D eigenvalue weighted by Gasteiger charge is 2.21. The summed E-state index contributed by atoms with van der Waals surface area (Å²) in [7, 11) is -6.60. The molecule has 0 amide bonds. The molecular formula is C17H26N2O4S2. The van der Waals surface area contributed by atoms with E-state index in [1.807, 2.05) is 19.9 Å². The van der Waals surface area contributed by atoms with Crippen LogP contribution in [0.5, 0.6) is 0 Å². The van der Waals surface area contributed by atoms with Crippen LogP contribution in [0.2, 0.25) is 0 Å². The molecule has 1 aliphatic rings. The van der Waals surface area contributed by atoms with Gasteiger partial charge in [0.25, 0.3) is 0 Å². The van der Waals surface area contributed by atoms with Crippen LogP contribution in [-0.2, 0) is 20.0 Å². The van der Waals surface area contributed by atoms with Crippen molar-refractivity contribution in [3.63, 3.8) is 0 Å². The Balaban J connectivity index is 2.04. The van der Waals surface area contributed by atoms with Gasteiger partial charge in [-0.1, -0.05) is 37.6 Å². The van der Waals surface area contributed by atoms with Gasteiger partial charge in [-0.3, -0.25) is 0 Å². The van der Waals surface area contributed by atoms with Crippen molar-refractivity contribution in [3.8, 4) is 0 Å². The van der Waals surface area contributed by atoms with Gasteiger partial charge in [0, 0.05) is 19.6 Å². The van der Waals surface area contributed by atoms with E-state index in [0.717, 1.165) is 5.56 Å². The Labute approximate surface area is 151 Å². The van der Waals surface area contributed by atoms with E-state index < -0.39 is 20.0 Å². The molecule has 25 heavy (non-hydrogen) atoms. The van der Waals surface area contributed by atoms with E-state index in [9.17, 15) is 16.8 Å². The highest BCUT2D eigenvalue weighted by atomic mass is 32.2. The molecule has 1 heterocycles. The third-order valence-corrected chi connectivity index (χ3v) is 6.82. The predicted molar refractivity (Wildman–Crippen MR) is 100 cm³/mol. The predicted octanol–water partition coefficient (Wildman–Crippen LogP) is 2.06. The second-order valence-electron chi connectivity index (χ2n) is 6.78. The molecule has 1 saturated heterocycles. The van der Waals surface area contributed by atoms with Crippen LogP contribution in [0.1, 0.15) is 32.3 Å². The molecule has 1 N–H and O–H groups in total. The molecule has 0 spiro atoms. The zero-order valence-corrected chi connectivity index (χ0v) is 16.5. The fraction of sp³-hybridized carbons (Fsp3) is 0.529. The number of rotatable bonds is 6. The number of hydrogen-bond donors (Lipinski definition) is 1. The first-order chi connectivity index (χ1) is 11.6. The van der Waals surface area contributed by atoms with Crippen LogP contribution < -0.4 is 4.72 Å². The summed E-state index contributed by atoms with van der Waals surface area (Å²) in [5, 5.41) is 0. The van der Waals surface area contributed by atoms with Gasteiger partial charge in [0.1, 0.15) is 0 Å². The Kier molecular flexibility index (Phi) is 6.42. The quantitative estimate of drug-likeness (QED) is 0.811. The molecule has 0 aliphatic carbocycles. The van der Waals surface area contributed by atoms with Crippen molar-refractivity contribution in [2.24, 2.45) is 5.92 Å². The van der Waals surface area contributed by atoms with Crippen molar-refractivity contribution in [1.82, 2.24) is 9.03 Å². The molecule has 0 radical (unpaired) electrons. The van der Waals surface area contributed by atoms with Crippen LogP contribution in [0.3, 0.4) is 0 Å². The molecule has 140 valence electrons. The first kappa shape index (κ1) is 20.1. The molecular weight excluding hydrogens is 360 g/mol. The van der Waals surface area contributed by atoms with Crippen molar-refractivity contribution in [2.45, 2.75) is 31.6 Å². The summed E-state index contributed by atoms with van der Waals surface area (Å²) in [6, 6.07) is 6.75. The molecule has 0 saturated carbocycles. The minimum absolute atomic E-state index is 0.247. The van der Waals surface area contributed by atoms with Crippen LogP contribution in [0, 0.1) is 5.92 Å². The largest absolute Gasteiger partial charge is 0.240 e. The maximum Gasteiger partial charge on any atom is 0.240 e. The van der Waals surface area contributed by atoms with Crippen LogP contribution in [0.15, 0.2) is 34.7 Å². The summed E-state index contributed by atoms with van der Waals surface area (Å²) in [6.07, 6.45) is 4.64. The third-order valence-electron chi connectivity index (χ3n) is 4.08. The summed E-state index contributed by atoms with van der Waals surface area (Å²) in [6.45, 7) is 5.30. The standard InChI is InChI=1S/C17H26N2O4S2/c1-14(2)13-18-25(22,23)17-6-4-15(5-7-17)12-16-8-10-19(11-9-16)24(3,20)21/h4-7,12,14,18H,8-11,13H2,1-3H3. The van der Waals surface area contributed by atoms with Gasteiger partial charge in [0.15, 0.2) is 0 Å². The maximum atomic E-state index is 12.2. The van der Waals surface area contributed by atoms with Crippen molar-refractivity contribution in [2.75, 3.05) is 25.9 Å². The van der Waals surface area contributed by atoms with Gasteiger partial charge < -0.3 is 0 Å². The van der Waals surface area contributed by atoms with E-state index >= 15 is 0 Å². The molecule has 1 fully saturated rings. The smallest absolute Gasteiger partial charge is 0.213 e. The maximum absolute atomic E-state index is 12.2. The molecule has 1 aromatic carbocycles. The number of sulfonamides is 2. The van der Waals surface area contributed by atoms with E-state index in [-0.39, 0.29) is 10.8 Å².